The molecule has 1 saturated heterocycles. The van der Waals surface area contributed by atoms with Crippen LogP contribution in [-0.4, -0.2) is 54.4 Å². The highest BCUT2D eigenvalue weighted by Crippen LogP contribution is 2.16. The van der Waals surface area contributed by atoms with Gasteiger partial charge in [0, 0.05) is 46.7 Å². The zero-order valence-corrected chi connectivity index (χ0v) is 12.8. The number of carbonyl (C=O) groups is 1. The van der Waals surface area contributed by atoms with Gasteiger partial charge < -0.3 is 19.5 Å². The lowest BCUT2D eigenvalue weighted by Crippen LogP contribution is -2.39. The third kappa shape index (κ3) is 5.34. The van der Waals surface area contributed by atoms with E-state index in [-0.39, 0.29) is 6.03 Å². The zero-order chi connectivity index (χ0) is 15.1. The Hall–Kier alpha value is -1.63. The average Bonchev–Trinajstić information content (AvgIpc) is 2.91. The lowest BCUT2D eigenvalue weighted by molar-refractivity contribution is 0.0519. The first kappa shape index (κ1) is 15.8. The van der Waals surface area contributed by atoms with Crippen molar-refractivity contribution in [2.75, 3.05) is 33.4 Å². The molecule has 0 saturated carbocycles. The molecule has 1 fully saturated rings. The van der Waals surface area contributed by atoms with Crippen molar-refractivity contribution < 1.29 is 14.1 Å². The standard InChI is InChI=1S/C14H24N4O3/c1-11-16-13(17-21-11)6-8-18(2)14(19)15-7-5-12-4-3-9-20-10-12/h12H,3-10H2,1-2H3,(H,15,19)/t12-/m0/s1. The number of aryl methyl sites for hydroxylation is 1. The first-order valence-electron chi connectivity index (χ1n) is 7.51. The Labute approximate surface area is 125 Å². The molecule has 1 aromatic heterocycles. The minimum Gasteiger partial charge on any atom is -0.381 e. The summed E-state index contributed by atoms with van der Waals surface area (Å²) in [6.45, 7) is 4.71. The SMILES string of the molecule is Cc1nc(CCN(C)C(=O)NCC[C@@H]2CCCOC2)no1. The van der Waals surface area contributed by atoms with Crippen LogP contribution in [0.4, 0.5) is 4.79 Å². The van der Waals surface area contributed by atoms with Crippen molar-refractivity contribution in [3.63, 3.8) is 0 Å². The normalized spacial score (nSPS) is 18.5. The number of nitrogens with zero attached hydrogens (tertiary/aromatic N) is 3. The third-order valence-electron chi connectivity index (χ3n) is 3.67. The maximum atomic E-state index is 11.9. The van der Waals surface area contributed by atoms with E-state index in [1.807, 2.05) is 0 Å². The molecule has 2 heterocycles. The van der Waals surface area contributed by atoms with Gasteiger partial charge in [0.25, 0.3) is 0 Å². The van der Waals surface area contributed by atoms with Crippen molar-refractivity contribution >= 4 is 6.03 Å². The fraction of sp³-hybridized carbons (Fsp3) is 0.786. The van der Waals surface area contributed by atoms with Gasteiger partial charge in [-0.25, -0.2) is 4.79 Å². The van der Waals surface area contributed by atoms with Crippen molar-refractivity contribution in [3.05, 3.63) is 11.7 Å². The molecule has 21 heavy (non-hydrogen) atoms. The summed E-state index contributed by atoms with van der Waals surface area (Å²) in [5.41, 5.74) is 0. The fourth-order valence-electron chi connectivity index (χ4n) is 2.37. The summed E-state index contributed by atoms with van der Waals surface area (Å²) in [4.78, 5) is 17.7. The molecule has 0 aliphatic carbocycles. The number of amides is 2. The zero-order valence-electron chi connectivity index (χ0n) is 12.8. The van der Waals surface area contributed by atoms with Crippen LogP contribution >= 0.6 is 0 Å². The van der Waals surface area contributed by atoms with E-state index < -0.39 is 0 Å². The summed E-state index contributed by atoms with van der Waals surface area (Å²) in [6.07, 6.45) is 3.90. The molecule has 118 valence electrons. The second kappa shape index (κ2) is 7.97. The fourth-order valence-corrected chi connectivity index (χ4v) is 2.37. The van der Waals surface area contributed by atoms with E-state index in [0.717, 1.165) is 26.1 Å². The Bertz CT molecular complexity index is 443. The van der Waals surface area contributed by atoms with Gasteiger partial charge in [-0.2, -0.15) is 4.98 Å². The molecule has 1 atom stereocenters. The minimum atomic E-state index is -0.0630. The first-order valence-corrected chi connectivity index (χ1v) is 7.51. The van der Waals surface area contributed by atoms with Crippen molar-refractivity contribution in [2.45, 2.75) is 32.6 Å². The van der Waals surface area contributed by atoms with E-state index >= 15 is 0 Å². The molecule has 0 spiro atoms. The molecular weight excluding hydrogens is 272 g/mol. The monoisotopic (exact) mass is 296 g/mol. The van der Waals surface area contributed by atoms with Crippen LogP contribution in [0.25, 0.3) is 0 Å². The van der Waals surface area contributed by atoms with Crippen LogP contribution < -0.4 is 5.32 Å². The second-order valence-corrected chi connectivity index (χ2v) is 5.50. The Kier molecular flexibility index (Phi) is 5.98. The van der Waals surface area contributed by atoms with Gasteiger partial charge in [0.1, 0.15) is 0 Å². The summed E-state index contributed by atoms with van der Waals surface area (Å²) in [7, 11) is 1.77. The number of likely N-dealkylation sites (N-methyl/N-ethyl adjacent to an activating group) is 1. The summed E-state index contributed by atoms with van der Waals surface area (Å²) in [5, 5.41) is 6.75. The van der Waals surface area contributed by atoms with E-state index in [9.17, 15) is 4.79 Å². The van der Waals surface area contributed by atoms with Gasteiger partial charge >= 0.3 is 6.03 Å². The highest BCUT2D eigenvalue weighted by molar-refractivity contribution is 5.73. The molecule has 1 aromatic rings. The molecule has 2 amide bonds. The highest BCUT2D eigenvalue weighted by atomic mass is 16.5. The van der Waals surface area contributed by atoms with Crippen LogP contribution in [0.1, 0.15) is 31.0 Å². The molecular formula is C14H24N4O3. The quantitative estimate of drug-likeness (QED) is 0.857. The number of rotatable bonds is 6. The lowest BCUT2D eigenvalue weighted by Gasteiger charge is -2.23. The number of aromatic nitrogens is 2. The van der Waals surface area contributed by atoms with E-state index in [1.165, 1.54) is 6.42 Å². The Morgan fingerprint density at radius 3 is 3.05 bits per heavy atom. The number of ether oxygens (including phenoxy) is 1. The van der Waals surface area contributed by atoms with Crippen molar-refractivity contribution in [3.8, 4) is 0 Å². The van der Waals surface area contributed by atoms with Gasteiger partial charge in [-0.05, 0) is 25.2 Å². The Morgan fingerprint density at radius 1 is 1.52 bits per heavy atom. The first-order chi connectivity index (χ1) is 10.1. The predicted octanol–water partition coefficient (Wildman–Crippen LogP) is 1.38. The maximum absolute atomic E-state index is 11.9. The number of hydrogen-bond acceptors (Lipinski definition) is 5. The molecule has 2 rings (SSSR count). The molecule has 7 heteroatoms. The van der Waals surface area contributed by atoms with Crippen LogP contribution in [-0.2, 0) is 11.2 Å². The number of urea groups is 1. The number of hydrogen-bond donors (Lipinski definition) is 1. The number of nitrogens with one attached hydrogen (secondary N) is 1. The van der Waals surface area contributed by atoms with Gasteiger partial charge in [0.2, 0.25) is 5.89 Å². The van der Waals surface area contributed by atoms with Crippen LogP contribution in [0.15, 0.2) is 4.52 Å². The lowest BCUT2D eigenvalue weighted by atomic mass is 9.99. The molecule has 0 radical (unpaired) electrons. The maximum Gasteiger partial charge on any atom is 0.317 e. The molecule has 1 N–H and O–H groups in total. The Balaban J connectivity index is 1.60. The van der Waals surface area contributed by atoms with Gasteiger partial charge in [0.15, 0.2) is 5.82 Å². The van der Waals surface area contributed by atoms with E-state index in [2.05, 4.69) is 15.5 Å². The highest BCUT2D eigenvalue weighted by Gasteiger charge is 2.15. The Morgan fingerprint density at radius 2 is 2.38 bits per heavy atom. The van der Waals surface area contributed by atoms with Gasteiger partial charge in [-0.1, -0.05) is 5.16 Å². The second-order valence-electron chi connectivity index (χ2n) is 5.50. The van der Waals surface area contributed by atoms with Gasteiger partial charge in [-0.3, -0.25) is 0 Å². The minimum absolute atomic E-state index is 0.0630. The van der Waals surface area contributed by atoms with Crippen LogP contribution in [0, 0.1) is 12.8 Å². The van der Waals surface area contributed by atoms with E-state index in [4.69, 9.17) is 9.26 Å². The topological polar surface area (TPSA) is 80.5 Å². The molecule has 0 aromatic carbocycles. The molecule has 1 aliphatic heterocycles. The van der Waals surface area contributed by atoms with Crippen LogP contribution in [0.5, 0.6) is 0 Å². The molecule has 1 aliphatic rings. The third-order valence-corrected chi connectivity index (χ3v) is 3.67. The summed E-state index contributed by atoms with van der Waals surface area (Å²) < 4.78 is 10.3. The summed E-state index contributed by atoms with van der Waals surface area (Å²) in [6, 6.07) is -0.0630. The molecule has 0 bridgehead atoms. The molecule has 0 unspecified atom stereocenters. The summed E-state index contributed by atoms with van der Waals surface area (Å²) >= 11 is 0. The van der Waals surface area contributed by atoms with Crippen LogP contribution in [0.3, 0.4) is 0 Å². The van der Waals surface area contributed by atoms with Gasteiger partial charge in [-0.15, -0.1) is 0 Å². The average molecular weight is 296 g/mol. The van der Waals surface area contributed by atoms with E-state index in [1.54, 1.807) is 18.9 Å². The smallest absolute Gasteiger partial charge is 0.317 e. The summed E-state index contributed by atoms with van der Waals surface area (Å²) in [5.74, 6) is 1.75. The van der Waals surface area contributed by atoms with Crippen molar-refractivity contribution in [1.29, 1.82) is 0 Å². The van der Waals surface area contributed by atoms with Crippen LogP contribution in [0.2, 0.25) is 0 Å². The largest absolute Gasteiger partial charge is 0.381 e. The molecule has 7 nitrogen and oxygen atoms in total. The van der Waals surface area contributed by atoms with Gasteiger partial charge in [0.05, 0.1) is 0 Å². The van der Waals surface area contributed by atoms with E-state index in [0.29, 0.717) is 37.1 Å². The van der Waals surface area contributed by atoms with Crippen molar-refractivity contribution in [2.24, 2.45) is 5.92 Å². The van der Waals surface area contributed by atoms with Crippen molar-refractivity contribution in [1.82, 2.24) is 20.4 Å². The predicted molar refractivity (Wildman–Crippen MR) is 76.9 cm³/mol. The number of carbonyl (C=O) groups excluding carboxylic acids is 1.